The Hall–Kier alpha value is -0.660. The first-order valence-electron chi connectivity index (χ1n) is 5.51. The van der Waals surface area contributed by atoms with Gasteiger partial charge in [0, 0.05) is 16.6 Å². The summed E-state index contributed by atoms with van der Waals surface area (Å²) in [5.41, 5.74) is 6.82. The molecule has 18 heavy (non-hydrogen) atoms. The van der Waals surface area contributed by atoms with Crippen molar-refractivity contribution in [1.29, 1.82) is 0 Å². The van der Waals surface area contributed by atoms with E-state index in [-0.39, 0.29) is 10.7 Å². The van der Waals surface area contributed by atoms with Crippen LogP contribution in [0.3, 0.4) is 0 Å². The third-order valence-corrected chi connectivity index (χ3v) is 5.41. The lowest BCUT2D eigenvalue weighted by atomic mass is 10.1. The van der Waals surface area contributed by atoms with E-state index >= 15 is 0 Å². The highest BCUT2D eigenvalue weighted by molar-refractivity contribution is 9.10. The molecule has 0 amide bonds. The van der Waals surface area contributed by atoms with Crippen molar-refractivity contribution in [1.82, 2.24) is 0 Å². The predicted octanol–water partition coefficient (Wildman–Crippen LogP) is 2.01. The fourth-order valence-corrected chi connectivity index (χ4v) is 4.15. The van der Waals surface area contributed by atoms with Crippen LogP contribution in [0.1, 0.15) is 18.4 Å². The molecule has 0 aliphatic carbocycles. The number of sulfonamides is 1. The highest BCUT2D eigenvalue weighted by Crippen LogP contribution is 2.30. The zero-order chi connectivity index (χ0) is 13.3. The van der Waals surface area contributed by atoms with E-state index in [0.717, 1.165) is 10.9 Å². The number of hydrogen-bond acceptors (Lipinski definition) is 3. The lowest BCUT2D eigenvalue weighted by Crippen LogP contribution is -2.39. The molecule has 1 aromatic rings. The SMILES string of the molecule is NC(=S)c1ccc(Br)cc1N1CCCCS1(=O)=O. The Bertz CT molecular complexity index is 587. The monoisotopic (exact) mass is 348 g/mol. The summed E-state index contributed by atoms with van der Waals surface area (Å²) in [7, 11) is -3.25. The molecule has 4 nitrogen and oxygen atoms in total. The zero-order valence-corrected chi connectivity index (χ0v) is 12.8. The maximum Gasteiger partial charge on any atom is 0.235 e. The van der Waals surface area contributed by atoms with Gasteiger partial charge in [-0.05, 0) is 31.0 Å². The second-order valence-electron chi connectivity index (χ2n) is 4.12. The topological polar surface area (TPSA) is 63.4 Å². The van der Waals surface area contributed by atoms with Crippen molar-refractivity contribution in [2.24, 2.45) is 5.73 Å². The zero-order valence-electron chi connectivity index (χ0n) is 9.60. The summed E-state index contributed by atoms with van der Waals surface area (Å²) < 4.78 is 26.4. The number of thiocarbonyl (C=S) groups is 1. The van der Waals surface area contributed by atoms with Crippen molar-refractivity contribution in [2.45, 2.75) is 12.8 Å². The minimum Gasteiger partial charge on any atom is -0.389 e. The molecule has 0 bridgehead atoms. The van der Waals surface area contributed by atoms with Gasteiger partial charge in [-0.2, -0.15) is 0 Å². The van der Waals surface area contributed by atoms with Gasteiger partial charge in [-0.15, -0.1) is 0 Å². The molecule has 1 fully saturated rings. The van der Waals surface area contributed by atoms with E-state index < -0.39 is 10.0 Å². The van der Waals surface area contributed by atoms with Crippen molar-refractivity contribution in [2.75, 3.05) is 16.6 Å². The van der Waals surface area contributed by atoms with Crippen molar-refractivity contribution < 1.29 is 8.42 Å². The van der Waals surface area contributed by atoms with Crippen LogP contribution in [-0.4, -0.2) is 25.7 Å². The second kappa shape index (κ2) is 5.14. The number of nitrogens with zero attached hydrogens (tertiary/aromatic N) is 1. The Balaban J connectivity index is 2.55. The standard InChI is InChI=1S/C11H13BrN2O2S2/c12-8-3-4-9(11(13)17)10(7-8)14-5-1-2-6-18(14,15)16/h3-4,7H,1-2,5-6H2,(H2,13,17). The van der Waals surface area contributed by atoms with E-state index in [1.807, 2.05) is 0 Å². The number of anilines is 1. The van der Waals surface area contributed by atoms with Crippen LogP contribution in [0.25, 0.3) is 0 Å². The summed E-state index contributed by atoms with van der Waals surface area (Å²) in [5.74, 6) is 0.177. The van der Waals surface area contributed by atoms with Crippen LogP contribution < -0.4 is 10.0 Å². The number of hydrogen-bond donors (Lipinski definition) is 1. The van der Waals surface area contributed by atoms with Gasteiger partial charge in [-0.3, -0.25) is 4.31 Å². The number of rotatable bonds is 2. The van der Waals surface area contributed by atoms with Gasteiger partial charge in [0.1, 0.15) is 4.99 Å². The minimum atomic E-state index is -3.25. The van der Waals surface area contributed by atoms with Crippen LogP contribution in [-0.2, 0) is 10.0 Å². The van der Waals surface area contributed by atoms with Gasteiger partial charge >= 0.3 is 0 Å². The smallest absolute Gasteiger partial charge is 0.235 e. The maximum absolute atomic E-state index is 12.1. The third-order valence-electron chi connectivity index (χ3n) is 2.84. The molecule has 1 aliphatic heterocycles. The number of nitrogens with two attached hydrogens (primary N) is 1. The van der Waals surface area contributed by atoms with E-state index in [4.69, 9.17) is 18.0 Å². The summed E-state index contributed by atoms with van der Waals surface area (Å²) in [4.78, 5) is 0.207. The molecule has 0 aromatic heterocycles. The Labute approximate surface area is 120 Å². The van der Waals surface area contributed by atoms with Gasteiger partial charge in [0.05, 0.1) is 11.4 Å². The quantitative estimate of drug-likeness (QED) is 0.830. The summed E-state index contributed by atoms with van der Waals surface area (Å²) in [6.45, 7) is 0.481. The van der Waals surface area contributed by atoms with Gasteiger partial charge in [0.2, 0.25) is 10.0 Å². The van der Waals surface area contributed by atoms with Gasteiger partial charge in [0.15, 0.2) is 0 Å². The van der Waals surface area contributed by atoms with E-state index in [0.29, 0.717) is 24.2 Å². The normalized spacial score (nSPS) is 18.6. The molecule has 7 heteroatoms. The lowest BCUT2D eigenvalue weighted by Gasteiger charge is -2.29. The molecule has 0 radical (unpaired) electrons. The average Bonchev–Trinajstić information content (AvgIpc) is 2.27. The van der Waals surface area contributed by atoms with E-state index in [1.165, 1.54) is 4.31 Å². The van der Waals surface area contributed by atoms with Crippen LogP contribution in [0.4, 0.5) is 5.69 Å². The number of halogens is 1. The van der Waals surface area contributed by atoms with Crippen molar-refractivity contribution in [3.8, 4) is 0 Å². The van der Waals surface area contributed by atoms with Crippen molar-refractivity contribution in [3.63, 3.8) is 0 Å². The summed E-state index contributed by atoms with van der Waals surface area (Å²) in [6, 6.07) is 5.29. The highest BCUT2D eigenvalue weighted by Gasteiger charge is 2.28. The Morgan fingerprint density at radius 2 is 2.11 bits per heavy atom. The Morgan fingerprint density at radius 3 is 2.72 bits per heavy atom. The lowest BCUT2D eigenvalue weighted by molar-refractivity contribution is 0.574. The van der Waals surface area contributed by atoms with Crippen LogP contribution in [0.5, 0.6) is 0 Å². The van der Waals surface area contributed by atoms with E-state index in [1.54, 1.807) is 18.2 Å². The van der Waals surface area contributed by atoms with Gasteiger partial charge in [0.25, 0.3) is 0 Å². The fourth-order valence-electron chi connectivity index (χ4n) is 1.98. The second-order valence-corrected chi connectivity index (χ2v) is 7.49. The minimum absolute atomic E-state index is 0.177. The first kappa shape index (κ1) is 13.8. The fraction of sp³-hybridized carbons (Fsp3) is 0.364. The molecule has 0 unspecified atom stereocenters. The molecule has 1 saturated heterocycles. The molecule has 98 valence electrons. The molecule has 2 N–H and O–H groups in total. The molecule has 0 saturated carbocycles. The van der Waals surface area contributed by atoms with Crippen LogP contribution in [0, 0.1) is 0 Å². The molecule has 1 aliphatic rings. The van der Waals surface area contributed by atoms with Crippen molar-refractivity contribution >= 4 is 48.8 Å². The average molecular weight is 349 g/mol. The molecule has 1 aromatic carbocycles. The molecule has 0 atom stereocenters. The first-order chi connectivity index (χ1) is 8.42. The molecular weight excluding hydrogens is 336 g/mol. The highest BCUT2D eigenvalue weighted by atomic mass is 79.9. The van der Waals surface area contributed by atoms with Gasteiger partial charge < -0.3 is 5.73 Å². The molecule has 1 heterocycles. The van der Waals surface area contributed by atoms with Crippen molar-refractivity contribution in [3.05, 3.63) is 28.2 Å². The largest absolute Gasteiger partial charge is 0.389 e. The molecule has 0 spiro atoms. The summed E-state index contributed by atoms with van der Waals surface area (Å²) >= 11 is 8.32. The maximum atomic E-state index is 12.1. The van der Waals surface area contributed by atoms with Crippen LogP contribution in [0.15, 0.2) is 22.7 Å². The van der Waals surface area contributed by atoms with E-state index in [2.05, 4.69) is 15.9 Å². The summed E-state index contributed by atoms with van der Waals surface area (Å²) in [5, 5.41) is 0. The molecular formula is C11H13BrN2O2S2. The van der Waals surface area contributed by atoms with Crippen LogP contribution >= 0.6 is 28.1 Å². The van der Waals surface area contributed by atoms with E-state index in [9.17, 15) is 8.42 Å². The first-order valence-corrected chi connectivity index (χ1v) is 8.32. The summed E-state index contributed by atoms with van der Waals surface area (Å²) in [6.07, 6.45) is 1.55. The molecule has 2 rings (SSSR count). The Kier molecular flexibility index (Phi) is 3.93. The Morgan fingerprint density at radius 1 is 1.39 bits per heavy atom. The number of benzene rings is 1. The predicted molar refractivity (Wildman–Crippen MR) is 80.4 cm³/mol. The van der Waals surface area contributed by atoms with Gasteiger partial charge in [-0.1, -0.05) is 28.1 Å². The van der Waals surface area contributed by atoms with Gasteiger partial charge in [-0.25, -0.2) is 8.42 Å². The van der Waals surface area contributed by atoms with Crippen LogP contribution in [0.2, 0.25) is 0 Å². The third kappa shape index (κ3) is 2.67.